The van der Waals surface area contributed by atoms with Gasteiger partial charge < -0.3 is 10.1 Å². The Bertz CT molecular complexity index is 298. The zero-order chi connectivity index (χ0) is 10.4. The normalized spacial score (nSPS) is 10.4. The maximum absolute atomic E-state index is 10.4. The SMILES string of the molecule is CCCCCCc1nnnn1[N+](=O)[O-]. The fourth-order valence-corrected chi connectivity index (χ4v) is 1.19. The highest BCUT2D eigenvalue weighted by Gasteiger charge is 2.14. The largest absolute Gasteiger partial charge is 0.339 e. The summed E-state index contributed by atoms with van der Waals surface area (Å²) in [5.74, 6) is 0.325. The van der Waals surface area contributed by atoms with Crippen LogP contribution in [0.3, 0.4) is 0 Å². The van der Waals surface area contributed by atoms with Gasteiger partial charge in [0.15, 0.2) is 0 Å². The van der Waals surface area contributed by atoms with Gasteiger partial charge >= 0.3 is 0 Å². The molecular formula is C7H13N5O2. The summed E-state index contributed by atoms with van der Waals surface area (Å²) in [6.45, 7) is 2.11. The molecule has 0 radical (unpaired) electrons. The van der Waals surface area contributed by atoms with Gasteiger partial charge in [-0.3, -0.25) is 0 Å². The van der Waals surface area contributed by atoms with Crippen LogP contribution in [0.5, 0.6) is 0 Å². The Morgan fingerprint density at radius 2 is 2.21 bits per heavy atom. The number of rotatable bonds is 6. The molecule has 1 heterocycles. The number of tetrazole rings is 1. The summed E-state index contributed by atoms with van der Waals surface area (Å²) in [7, 11) is 0. The molecule has 1 aromatic heterocycles. The molecule has 0 aliphatic rings. The van der Waals surface area contributed by atoms with E-state index in [4.69, 9.17) is 0 Å². The summed E-state index contributed by atoms with van der Waals surface area (Å²) in [6, 6.07) is 0. The molecule has 14 heavy (non-hydrogen) atoms. The van der Waals surface area contributed by atoms with Gasteiger partial charge in [-0.1, -0.05) is 31.3 Å². The minimum absolute atomic E-state index is 0.325. The van der Waals surface area contributed by atoms with Gasteiger partial charge in [0, 0.05) is 6.42 Å². The Hall–Kier alpha value is -1.53. The summed E-state index contributed by atoms with van der Waals surface area (Å²) in [5.41, 5.74) is 0. The molecule has 1 rings (SSSR count). The summed E-state index contributed by atoms with van der Waals surface area (Å²) in [5, 5.41) is 19.9. The van der Waals surface area contributed by atoms with Gasteiger partial charge in [0.2, 0.25) is 11.0 Å². The second kappa shape index (κ2) is 5.25. The number of nitrogens with zero attached hydrogens (tertiary/aromatic N) is 5. The van der Waals surface area contributed by atoms with Crippen molar-refractivity contribution in [2.24, 2.45) is 0 Å². The average molecular weight is 199 g/mol. The lowest BCUT2D eigenvalue weighted by molar-refractivity contribution is -0.555. The monoisotopic (exact) mass is 199 g/mol. The van der Waals surface area contributed by atoms with Crippen molar-refractivity contribution in [3.05, 3.63) is 15.9 Å². The van der Waals surface area contributed by atoms with Gasteiger partial charge in [-0.05, 0) is 6.42 Å². The first-order chi connectivity index (χ1) is 6.75. The van der Waals surface area contributed by atoms with Gasteiger partial charge in [-0.25, -0.2) is 0 Å². The van der Waals surface area contributed by atoms with Gasteiger partial charge in [-0.2, -0.15) is 0 Å². The van der Waals surface area contributed by atoms with E-state index in [9.17, 15) is 10.1 Å². The number of unbranched alkanes of at least 4 members (excludes halogenated alkanes) is 3. The highest BCUT2D eigenvalue weighted by molar-refractivity contribution is 4.77. The molecule has 0 atom stereocenters. The Balaban J connectivity index is 2.42. The maximum atomic E-state index is 10.4. The van der Waals surface area contributed by atoms with Crippen LogP contribution in [0.15, 0.2) is 0 Å². The fraction of sp³-hybridized carbons (Fsp3) is 0.857. The zero-order valence-corrected chi connectivity index (χ0v) is 8.09. The minimum atomic E-state index is -0.616. The van der Waals surface area contributed by atoms with E-state index in [0.29, 0.717) is 17.0 Å². The van der Waals surface area contributed by atoms with Crippen LogP contribution in [0.1, 0.15) is 38.4 Å². The van der Waals surface area contributed by atoms with Gasteiger partial charge in [0.25, 0.3) is 0 Å². The molecule has 0 aliphatic heterocycles. The predicted octanol–water partition coefficient (Wildman–Crippen LogP) is 0.836. The number of hydrogen-bond acceptors (Lipinski definition) is 5. The molecule has 0 aliphatic carbocycles. The Morgan fingerprint density at radius 1 is 1.43 bits per heavy atom. The van der Waals surface area contributed by atoms with E-state index in [1.165, 1.54) is 0 Å². The van der Waals surface area contributed by atoms with Crippen LogP contribution in [0.4, 0.5) is 0 Å². The van der Waals surface area contributed by atoms with Crippen LogP contribution < -0.4 is 0 Å². The minimum Gasteiger partial charge on any atom is -0.339 e. The van der Waals surface area contributed by atoms with Crippen molar-refractivity contribution in [1.82, 2.24) is 20.3 Å². The van der Waals surface area contributed by atoms with E-state index in [1.54, 1.807) is 0 Å². The van der Waals surface area contributed by atoms with E-state index < -0.39 is 5.03 Å². The molecule has 0 aromatic carbocycles. The summed E-state index contributed by atoms with van der Waals surface area (Å²) in [6.07, 6.45) is 4.79. The number of aryl methyl sites for hydroxylation is 1. The molecular weight excluding hydrogens is 186 g/mol. The van der Waals surface area contributed by atoms with Crippen LogP contribution in [0.2, 0.25) is 0 Å². The highest BCUT2D eigenvalue weighted by Crippen LogP contribution is 2.04. The molecule has 0 spiro atoms. The molecule has 0 unspecified atom stereocenters. The molecule has 0 saturated carbocycles. The molecule has 0 fully saturated rings. The molecule has 1 aromatic rings. The van der Waals surface area contributed by atoms with Crippen LogP contribution >= 0.6 is 0 Å². The van der Waals surface area contributed by atoms with Gasteiger partial charge in [0.1, 0.15) is 5.21 Å². The second-order valence-corrected chi connectivity index (χ2v) is 3.03. The van der Waals surface area contributed by atoms with Crippen molar-refractivity contribution in [3.63, 3.8) is 0 Å². The second-order valence-electron chi connectivity index (χ2n) is 3.03. The Morgan fingerprint density at radius 3 is 2.86 bits per heavy atom. The lowest BCUT2D eigenvalue weighted by atomic mass is 10.1. The quantitative estimate of drug-likeness (QED) is 0.385. The van der Waals surface area contributed by atoms with Crippen molar-refractivity contribution in [1.29, 1.82) is 0 Å². The molecule has 78 valence electrons. The molecule has 0 amide bonds. The third kappa shape index (κ3) is 2.75. The van der Waals surface area contributed by atoms with E-state index in [2.05, 4.69) is 22.4 Å². The Labute approximate surface area is 81.2 Å². The first kappa shape index (κ1) is 10.6. The predicted molar refractivity (Wildman–Crippen MR) is 48.1 cm³/mol. The summed E-state index contributed by atoms with van der Waals surface area (Å²) < 4.78 is 0. The molecule has 0 bridgehead atoms. The third-order valence-electron chi connectivity index (χ3n) is 1.92. The topological polar surface area (TPSA) is 86.7 Å². The first-order valence-corrected chi connectivity index (χ1v) is 4.67. The van der Waals surface area contributed by atoms with Crippen LogP contribution in [-0.2, 0) is 6.42 Å². The van der Waals surface area contributed by atoms with E-state index in [0.717, 1.165) is 25.7 Å². The number of hydrogen-bond donors (Lipinski definition) is 0. The van der Waals surface area contributed by atoms with E-state index in [1.807, 2.05) is 0 Å². The van der Waals surface area contributed by atoms with Gasteiger partial charge in [0.05, 0.1) is 9.82 Å². The van der Waals surface area contributed by atoms with Crippen molar-refractivity contribution < 1.29 is 5.03 Å². The summed E-state index contributed by atoms with van der Waals surface area (Å²) >= 11 is 0. The van der Waals surface area contributed by atoms with Crippen molar-refractivity contribution in [2.75, 3.05) is 0 Å². The van der Waals surface area contributed by atoms with Crippen molar-refractivity contribution >= 4 is 0 Å². The van der Waals surface area contributed by atoms with E-state index in [-0.39, 0.29) is 0 Å². The maximum Gasteiger partial charge on any atom is 0.225 e. The zero-order valence-electron chi connectivity index (χ0n) is 8.09. The Kier molecular flexibility index (Phi) is 3.96. The highest BCUT2D eigenvalue weighted by atomic mass is 16.7. The van der Waals surface area contributed by atoms with Gasteiger partial charge in [-0.15, -0.1) is 0 Å². The summed E-state index contributed by atoms with van der Waals surface area (Å²) in [4.78, 5) is 11.0. The molecule has 7 heteroatoms. The lowest BCUT2D eigenvalue weighted by Crippen LogP contribution is -2.14. The van der Waals surface area contributed by atoms with E-state index >= 15 is 0 Å². The van der Waals surface area contributed by atoms with Crippen LogP contribution in [0, 0.1) is 10.1 Å². The number of nitro groups is 1. The lowest BCUT2D eigenvalue weighted by Gasteiger charge is -1.97. The fourth-order valence-electron chi connectivity index (χ4n) is 1.19. The third-order valence-corrected chi connectivity index (χ3v) is 1.92. The standard InChI is InChI=1S/C7H13N5O2/c1-2-3-4-5-6-7-8-9-10-11(7)12(13)14/h2-6H2,1H3. The van der Waals surface area contributed by atoms with Crippen LogP contribution in [0.25, 0.3) is 0 Å². The smallest absolute Gasteiger partial charge is 0.225 e. The average Bonchev–Trinajstić information content (AvgIpc) is 2.60. The number of aromatic nitrogens is 4. The molecule has 0 saturated heterocycles. The van der Waals surface area contributed by atoms with Crippen LogP contribution in [-0.4, -0.2) is 25.3 Å². The van der Waals surface area contributed by atoms with Crippen molar-refractivity contribution in [2.45, 2.75) is 39.0 Å². The first-order valence-electron chi connectivity index (χ1n) is 4.67. The van der Waals surface area contributed by atoms with Crippen molar-refractivity contribution in [3.8, 4) is 0 Å². The molecule has 7 nitrogen and oxygen atoms in total. The molecule has 0 N–H and O–H groups in total.